The van der Waals surface area contributed by atoms with Crippen LogP contribution < -0.4 is 0 Å². The number of fused-ring (bicyclic) bond motifs is 6. The van der Waals surface area contributed by atoms with Gasteiger partial charge in [0.2, 0.25) is 0 Å². The summed E-state index contributed by atoms with van der Waals surface area (Å²) in [5.74, 6) is 1.39. The summed E-state index contributed by atoms with van der Waals surface area (Å²) in [6, 6.07) is 0. The number of aliphatic hydroxyl groups is 4. The highest BCUT2D eigenvalue weighted by Gasteiger charge is 2.47. The quantitative estimate of drug-likeness (QED) is 0.271. The normalized spacial score (nSPS) is 34.9. The van der Waals surface area contributed by atoms with Gasteiger partial charge in [-0.3, -0.25) is 0 Å². The van der Waals surface area contributed by atoms with E-state index in [4.69, 9.17) is 23.7 Å². The molecule has 10 atom stereocenters. The third-order valence-corrected chi connectivity index (χ3v) is 9.55. The van der Waals surface area contributed by atoms with Gasteiger partial charge >= 0.3 is 0 Å². The summed E-state index contributed by atoms with van der Waals surface area (Å²) in [6.45, 7) is 16.4. The van der Waals surface area contributed by atoms with Gasteiger partial charge in [-0.25, -0.2) is 4.68 Å². The maximum absolute atomic E-state index is 11.3. The van der Waals surface area contributed by atoms with Crippen LogP contribution in [0.2, 0.25) is 0 Å². The largest absolute Gasteiger partial charge is 0.388 e. The molecule has 0 spiro atoms. The van der Waals surface area contributed by atoms with Gasteiger partial charge in [0.15, 0.2) is 0 Å². The molecule has 13 nitrogen and oxygen atoms in total. The van der Waals surface area contributed by atoms with E-state index in [-0.39, 0.29) is 19.8 Å². The van der Waals surface area contributed by atoms with Crippen LogP contribution in [0.25, 0.3) is 0 Å². The van der Waals surface area contributed by atoms with Crippen molar-refractivity contribution in [2.45, 2.75) is 148 Å². The highest BCUT2D eigenvalue weighted by Crippen LogP contribution is 2.30. The Bertz CT molecular complexity index is 1030. The summed E-state index contributed by atoms with van der Waals surface area (Å²) in [4.78, 5) is 2.37. The fraction of sp³-hybridized carbons (Fsp3) is 0.941. The van der Waals surface area contributed by atoms with Crippen LogP contribution in [0.1, 0.15) is 79.3 Å². The van der Waals surface area contributed by atoms with Gasteiger partial charge in [0, 0.05) is 26.3 Å². The molecule has 47 heavy (non-hydrogen) atoms. The van der Waals surface area contributed by atoms with Crippen molar-refractivity contribution in [1.29, 1.82) is 0 Å². The predicted molar refractivity (Wildman–Crippen MR) is 175 cm³/mol. The molecule has 13 heteroatoms. The van der Waals surface area contributed by atoms with Crippen molar-refractivity contribution < 1.29 is 44.1 Å². The Morgan fingerprint density at radius 2 is 1.28 bits per heavy atom. The number of hydrogen-bond acceptors (Lipinski definition) is 12. The molecule has 4 rings (SSSR count). The second-order valence-electron chi connectivity index (χ2n) is 15.0. The molecule has 2 saturated heterocycles. The van der Waals surface area contributed by atoms with Gasteiger partial charge in [0.05, 0.1) is 38.2 Å². The molecule has 3 aliphatic rings. The first-order valence-corrected chi connectivity index (χ1v) is 17.9. The Morgan fingerprint density at radius 3 is 1.83 bits per heavy atom. The summed E-state index contributed by atoms with van der Waals surface area (Å²) in [7, 11) is 0. The zero-order chi connectivity index (χ0) is 34.1. The van der Waals surface area contributed by atoms with Crippen molar-refractivity contribution in [3.8, 4) is 0 Å². The molecule has 272 valence electrons. The molecule has 1 aromatic heterocycles. The molecule has 3 aliphatic heterocycles. The molecule has 0 saturated carbocycles. The van der Waals surface area contributed by atoms with E-state index in [1.54, 1.807) is 10.9 Å². The third kappa shape index (κ3) is 11.4. The van der Waals surface area contributed by atoms with Gasteiger partial charge in [-0.05, 0) is 56.4 Å². The van der Waals surface area contributed by atoms with Gasteiger partial charge in [0.25, 0.3) is 0 Å². The number of aliphatic hydroxyl groups excluding tert-OH is 4. The van der Waals surface area contributed by atoms with Crippen molar-refractivity contribution in [3.05, 3.63) is 11.9 Å². The Hall–Kier alpha value is -1.26. The topological polar surface area (TPSA) is 161 Å². The van der Waals surface area contributed by atoms with E-state index in [0.29, 0.717) is 62.6 Å². The molecule has 4 N–H and O–H groups in total. The molecule has 0 aromatic carbocycles. The second-order valence-corrected chi connectivity index (χ2v) is 15.0. The summed E-state index contributed by atoms with van der Waals surface area (Å²) in [5.41, 5.74) is 0.557. The van der Waals surface area contributed by atoms with Crippen molar-refractivity contribution in [3.63, 3.8) is 0 Å². The number of aromatic nitrogens is 3. The molecule has 1 aromatic rings. The number of hydrogen-bond donors (Lipinski definition) is 4. The molecule has 0 amide bonds. The van der Waals surface area contributed by atoms with Crippen molar-refractivity contribution in [2.24, 2.45) is 17.8 Å². The minimum absolute atomic E-state index is 0.0634. The number of rotatable bonds is 11. The first-order valence-electron chi connectivity index (χ1n) is 17.9. The summed E-state index contributed by atoms with van der Waals surface area (Å²) >= 11 is 0. The molecule has 4 heterocycles. The first-order chi connectivity index (χ1) is 22.4. The van der Waals surface area contributed by atoms with Crippen LogP contribution in [0.4, 0.5) is 0 Å². The Balaban J connectivity index is 1.58. The van der Waals surface area contributed by atoms with E-state index >= 15 is 0 Å². The van der Waals surface area contributed by atoms with E-state index in [0.717, 1.165) is 25.8 Å². The highest BCUT2D eigenvalue weighted by molar-refractivity contribution is 4.97. The van der Waals surface area contributed by atoms with Gasteiger partial charge in [-0.15, -0.1) is 5.10 Å². The van der Waals surface area contributed by atoms with E-state index in [1.807, 2.05) is 0 Å². The SMILES string of the molecule is CC(C)CCO[C@H]1C2CCN(CCC(C)C)CCC3O[C@H](Cn4cc(nn4)COC[C@@H](O2)[C@H](O)[C@@H]1O)[C@H](O)[C@H](O)[C@H]3OCCC(C)C. The lowest BCUT2D eigenvalue weighted by Gasteiger charge is -2.44. The van der Waals surface area contributed by atoms with Crippen LogP contribution in [-0.2, 0) is 36.8 Å². The zero-order valence-electron chi connectivity index (χ0n) is 29.4. The monoisotopic (exact) mass is 670 g/mol. The number of ether oxygens (including phenoxy) is 5. The van der Waals surface area contributed by atoms with Crippen LogP contribution in [0, 0.1) is 17.8 Å². The summed E-state index contributed by atoms with van der Waals surface area (Å²) in [5, 5.41) is 53.1. The van der Waals surface area contributed by atoms with Crippen LogP contribution in [0.3, 0.4) is 0 Å². The van der Waals surface area contributed by atoms with Gasteiger partial charge in [0.1, 0.15) is 54.5 Å². The Labute approximate surface area is 280 Å². The standard InChI is InChI=1S/C34H62N4O9/c1-21(2)7-12-37-13-8-25-33(44-15-10-22(3)4)31(41)29(39)27(46-25)18-38-17-24(35-36-38)19-43-20-28-30(40)32(42)34(26(47-28)9-14-37)45-16-11-23(5)6/h17,21-23,25-34,39-42H,7-16,18-20H2,1-6H3/t25?,26?,27-,28-,29+,30+,31+,32+,33+,34+/m1/s1. The lowest BCUT2D eigenvalue weighted by molar-refractivity contribution is -0.247. The molecular formula is C34H62N4O9. The molecule has 0 radical (unpaired) electrons. The van der Waals surface area contributed by atoms with Gasteiger partial charge in [-0.2, -0.15) is 0 Å². The highest BCUT2D eigenvalue weighted by atomic mass is 16.6. The Kier molecular flexibility index (Phi) is 15.3. The van der Waals surface area contributed by atoms with E-state index in [9.17, 15) is 20.4 Å². The summed E-state index contributed by atoms with van der Waals surface area (Å²) < 4.78 is 32.8. The summed E-state index contributed by atoms with van der Waals surface area (Å²) in [6.07, 6.45) is -2.66. The number of nitrogens with zero attached hydrogens (tertiary/aromatic N) is 4. The Morgan fingerprint density at radius 1 is 0.745 bits per heavy atom. The van der Waals surface area contributed by atoms with Crippen molar-refractivity contribution in [1.82, 2.24) is 19.9 Å². The molecule has 0 aliphatic carbocycles. The minimum atomic E-state index is -1.16. The lowest BCUT2D eigenvalue weighted by atomic mass is 9.92. The predicted octanol–water partition coefficient (Wildman–Crippen LogP) is 1.78. The van der Waals surface area contributed by atoms with Crippen molar-refractivity contribution >= 4 is 0 Å². The molecule has 2 fully saturated rings. The zero-order valence-corrected chi connectivity index (χ0v) is 29.4. The van der Waals surface area contributed by atoms with Gasteiger partial charge < -0.3 is 49.0 Å². The van der Waals surface area contributed by atoms with Crippen LogP contribution in [0.15, 0.2) is 6.20 Å². The lowest BCUT2D eigenvalue weighted by Crippen LogP contribution is -2.60. The maximum Gasteiger partial charge on any atom is 0.112 e. The van der Waals surface area contributed by atoms with E-state index in [2.05, 4.69) is 56.8 Å². The molecule has 2 unspecified atom stereocenters. The second kappa shape index (κ2) is 18.7. The van der Waals surface area contributed by atoms with Crippen molar-refractivity contribution in [2.75, 3.05) is 39.5 Å². The fourth-order valence-electron chi connectivity index (χ4n) is 6.43. The fourth-order valence-corrected chi connectivity index (χ4v) is 6.43. The van der Waals surface area contributed by atoms with E-state index < -0.39 is 61.0 Å². The smallest absolute Gasteiger partial charge is 0.112 e. The average molecular weight is 671 g/mol. The average Bonchev–Trinajstić information content (AvgIpc) is 3.46. The maximum atomic E-state index is 11.3. The first kappa shape index (κ1) is 38.5. The van der Waals surface area contributed by atoms with Gasteiger partial charge in [-0.1, -0.05) is 46.8 Å². The van der Waals surface area contributed by atoms with Crippen LogP contribution in [-0.4, -0.2) is 141 Å². The van der Waals surface area contributed by atoms with E-state index in [1.165, 1.54) is 0 Å². The van der Waals surface area contributed by atoms with Crippen LogP contribution >= 0.6 is 0 Å². The molecular weight excluding hydrogens is 608 g/mol. The third-order valence-electron chi connectivity index (χ3n) is 9.55. The minimum Gasteiger partial charge on any atom is -0.388 e. The molecule has 6 bridgehead atoms. The van der Waals surface area contributed by atoms with Crippen LogP contribution in [0.5, 0.6) is 0 Å².